The van der Waals surface area contributed by atoms with E-state index in [1.54, 1.807) is 17.7 Å². The van der Waals surface area contributed by atoms with Crippen LogP contribution in [0.5, 0.6) is 0 Å². The molecule has 1 aliphatic rings. The van der Waals surface area contributed by atoms with Gasteiger partial charge in [0, 0.05) is 23.4 Å². The predicted octanol–water partition coefficient (Wildman–Crippen LogP) is 4.51. The predicted molar refractivity (Wildman–Crippen MR) is 108 cm³/mol. The maximum absolute atomic E-state index is 5.07. The van der Waals surface area contributed by atoms with E-state index in [2.05, 4.69) is 42.8 Å². The second-order valence-corrected chi connectivity index (χ2v) is 9.34. The zero-order chi connectivity index (χ0) is 17.6. The molecular formula is C19H24N4S2. The van der Waals surface area contributed by atoms with Gasteiger partial charge in [-0.3, -0.25) is 0 Å². The van der Waals surface area contributed by atoms with Crippen molar-refractivity contribution in [1.82, 2.24) is 19.9 Å². The number of aryl methyl sites for hydroxylation is 1. The topological polar surface area (TPSA) is 41.9 Å². The summed E-state index contributed by atoms with van der Waals surface area (Å²) in [6, 6.07) is 0. The number of hydrogen-bond acceptors (Lipinski definition) is 6. The van der Waals surface area contributed by atoms with Gasteiger partial charge in [0.05, 0.1) is 10.2 Å². The van der Waals surface area contributed by atoms with Crippen LogP contribution in [-0.4, -0.2) is 46.2 Å². The van der Waals surface area contributed by atoms with Gasteiger partial charge in [0.2, 0.25) is 0 Å². The summed E-state index contributed by atoms with van der Waals surface area (Å²) in [5.41, 5.74) is 5.40. The Morgan fingerprint density at radius 1 is 1.20 bits per heavy atom. The molecule has 4 nitrogen and oxygen atoms in total. The van der Waals surface area contributed by atoms with Crippen molar-refractivity contribution in [3.63, 3.8) is 0 Å². The minimum absolute atomic E-state index is 0.474. The molecule has 0 atom stereocenters. The Morgan fingerprint density at radius 3 is 2.76 bits per heavy atom. The lowest BCUT2D eigenvalue weighted by atomic mass is 9.99. The molecule has 3 heterocycles. The molecule has 0 aromatic carbocycles. The number of pyridine rings is 1. The smallest absolute Gasteiger partial charge is 0.126 e. The number of thioether (sulfide) groups is 1. The van der Waals surface area contributed by atoms with E-state index in [1.165, 1.54) is 39.7 Å². The van der Waals surface area contributed by atoms with Gasteiger partial charge in [0.1, 0.15) is 16.2 Å². The van der Waals surface area contributed by atoms with Crippen molar-refractivity contribution in [1.29, 1.82) is 0 Å². The normalized spacial score (nSPS) is 14.3. The third-order valence-electron chi connectivity index (χ3n) is 4.80. The number of aromatic nitrogens is 3. The average molecular weight is 373 g/mol. The molecule has 3 aromatic rings. The third kappa shape index (κ3) is 3.04. The summed E-state index contributed by atoms with van der Waals surface area (Å²) in [5.74, 6) is 1.51. The summed E-state index contributed by atoms with van der Waals surface area (Å²) in [7, 11) is 4.21. The van der Waals surface area contributed by atoms with Crippen LogP contribution in [0.15, 0.2) is 11.4 Å². The first kappa shape index (κ1) is 17.2. The van der Waals surface area contributed by atoms with E-state index < -0.39 is 0 Å². The van der Waals surface area contributed by atoms with E-state index in [0.29, 0.717) is 5.92 Å². The first-order chi connectivity index (χ1) is 12.1. The number of nitrogens with zero attached hydrogens (tertiary/aromatic N) is 4. The summed E-state index contributed by atoms with van der Waals surface area (Å²) in [4.78, 5) is 17.6. The molecule has 25 heavy (non-hydrogen) atoms. The minimum atomic E-state index is 0.474. The van der Waals surface area contributed by atoms with Crippen LogP contribution in [0.2, 0.25) is 0 Å². The number of hydrogen-bond donors (Lipinski definition) is 0. The van der Waals surface area contributed by atoms with Crippen LogP contribution in [0.4, 0.5) is 0 Å². The van der Waals surface area contributed by atoms with Crippen LogP contribution < -0.4 is 0 Å². The van der Waals surface area contributed by atoms with Crippen molar-refractivity contribution in [3.8, 4) is 0 Å². The quantitative estimate of drug-likeness (QED) is 0.487. The van der Waals surface area contributed by atoms with E-state index in [4.69, 9.17) is 4.98 Å². The van der Waals surface area contributed by atoms with Gasteiger partial charge in [-0.25, -0.2) is 15.0 Å². The third-order valence-corrected chi connectivity index (χ3v) is 6.97. The van der Waals surface area contributed by atoms with Crippen LogP contribution in [0.1, 0.15) is 43.0 Å². The van der Waals surface area contributed by atoms with Gasteiger partial charge in [-0.05, 0) is 50.4 Å². The van der Waals surface area contributed by atoms with E-state index in [0.717, 1.165) is 34.1 Å². The molecule has 0 aliphatic heterocycles. The molecule has 6 heteroatoms. The second-order valence-electron chi connectivity index (χ2n) is 7.25. The summed E-state index contributed by atoms with van der Waals surface area (Å²) >= 11 is 3.60. The Labute approximate surface area is 157 Å². The van der Waals surface area contributed by atoms with Crippen molar-refractivity contribution in [3.05, 3.63) is 23.1 Å². The Kier molecular flexibility index (Phi) is 4.69. The van der Waals surface area contributed by atoms with Crippen molar-refractivity contribution >= 4 is 43.5 Å². The fourth-order valence-electron chi connectivity index (χ4n) is 3.61. The number of thiophene rings is 1. The Morgan fingerprint density at radius 2 is 2.00 bits per heavy atom. The van der Waals surface area contributed by atoms with E-state index in [-0.39, 0.29) is 0 Å². The molecule has 1 aliphatic carbocycles. The summed E-state index contributed by atoms with van der Waals surface area (Å²) < 4.78 is 1.21. The molecular weight excluding hydrogens is 348 g/mol. The molecule has 132 valence electrons. The molecule has 3 aromatic heterocycles. The van der Waals surface area contributed by atoms with Gasteiger partial charge in [-0.15, -0.1) is 23.1 Å². The van der Waals surface area contributed by atoms with E-state index in [9.17, 15) is 0 Å². The second kappa shape index (κ2) is 6.82. The fraction of sp³-hybridized carbons (Fsp3) is 0.526. The van der Waals surface area contributed by atoms with Gasteiger partial charge in [-0.2, -0.15) is 0 Å². The summed E-state index contributed by atoms with van der Waals surface area (Å²) in [6.07, 6.45) is 5.29. The minimum Gasteiger partial charge on any atom is -0.309 e. The molecule has 0 unspecified atom stereocenters. The number of fused-ring (bicyclic) bond motifs is 5. The van der Waals surface area contributed by atoms with Gasteiger partial charge in [0.15, 0.2) is 0 Å². The van der Waals surface area contributed by atoms with Gasteiger partial charge in [-0.1, -0.05) is 13.8 Å². The van der Waals surface area contributed by atoms with Crippen LogP contribution in [0, 0.1) is 0 Å². The van der Waals surface area contributed by atoms with Crippen LogP contribution in [0.25, 0.3) is 20.4 Å². The molecule has 0 spiro atoms. The summed E-state index contributed by atoms with van der Waals surface area (Å²) in [5, 5.41) is 2.40. The largest absolute Gasteiger partial charge is 0.309 e. The van der Waals surface area contributed by atoms with Crippen molar-refractivity contribution in [2.45, 2.75) is 44.1 Å². The highest BCUT2D eigenvalue weighted by Crippen LogP contribution is 2.42. The average Bonchev–Trinajstić information content (AvgIpc) is 3.17. The Balaban J connectivity index is 1.87. The monoisotopic (exact) mass is 372 g/mol. The lowest BCUT2D eigenvalue weighted by Gasteiger charge is -2.11. The highest BCUT2D eigenvalue weighted by Gasteiger charge is 2.25. The van der Waals surface area contributed by atoms with E-state index in [1.807, 2.05) is 11.8 Å². The van der Waals surface area contributed by atoms with Crippen molar-refractivity contribution < 1.29 is 0 Å². The van der Waals surface area contributed by atoms with Crippen LogP contribution in [0.3, 0.4) is 0 Å². The molecule has 0 bridgehead atoms. The SMILES string of the molecule is CC(C)c1nc2sc3c(SCCN(C)C)ncnc3c2c2c1CCC2. The zero-order valence-electron chi connectivity index (χ0n) is 15.3. The van der Waals surface area contributed by atoms with Gasteiger partial charge >= 0.3 is 0 Å². The summed E-state index contributed by atoms with van der Waals surface area (Å²) in [6.45, 7) is 5.55. The lowest BCUT2D eigenvalue weighted by molar-refractivity contribution is 0.437. The Hall–Kier alpha value is -1.24. The van der Waals surface area contributed by atoms with Gasteiger partial charge in [0.25, 0.3) is 0 Å². The molecule has 0 saturated heterocycles. The molecule has 0 amide bonds. The van der Waals surface area contributed by atoms with Crippen LogP contribution in [-0.2, 0) is 12.8 Å². The maximum atomic E-state index is 5.07. The fourth-order valence-corrected chi connectivity index (χ4v) is 5.96. The van der Waals surface area contributed by atoms with Crippen molar-refractivity contribution in [2.24, 2.45) is 0 Å². The standard InChI is InChI=1S/C19H24N4S2/c1-11(2)15-13-7-5-6-12(13)14-16-17(25-18(14)22-15)19(21-10-20-16)24-9-8-23(3)4/h10-11H,5-9H2,1-4H3. The van der Waals surface area contributed by atoms with Gasteiger partial charge < -0.3 is 4.90 Å². The maximum Gasteiger partial charge on any atom is 0.126 e. The van der Waals surface area contributed by atoms with E-state index >= 15 is 0 Å². The van der Waals surface area contributed by atoms with Crippen molar-refractivity contribution in [2.75, 3.05) is 26.4 Å². The number of rotatable bonds is 5. The first-order valence-electron chi connectivity index (χ1n) is 8.92. The molecule has 4 rings (SSSR count). The zero-order valence-corrected chi connectivity index (χ0v) is 16.9. The highest BCUT2D eigenvalue weighted by atomic mass is 32.2. The Bertz CT molecular complexity index is 930. The molecule has 0 radical (unpaired) electrons. The lowest BCUT2D eigenvalue weighted by Crippen LogP contribution is -2.14. The highest BCUT2D eigenvalue weighted by molar-refractivity contribution is 7.99. The molecule has 0 N–H and O–H groups in total. The molecule has 0 saturated carbocycles. The first-order valence-corrected chi connectivity index (χ1v) is 10.7. The van der Waals surface area contributed by atoms with Crippen LogP contribution >= 0.6 is 23.1 Å². The molecule has 0 fully saturated rings.